The highest BCUT2D eigenvalue weighted by atomic mass is 16.6. The van der Waals surface area contributed by atoms with Gasteiger partial charge in [-0.1, -0.05) is 182 Å². The first kappa shape index (κ1) is 55.8. The van der Waals surface area contributed by atoms with Gasteiger partial charge in [0.2, 0.25) is 11.8 Å². The van der Waals surface area contributed by atoms with Crippen molar-refractivity contribution >= 4 is 11.8 Å². The third kappa shape index (κ3) is 38.8. The summed E-state index contributed by atoms with van der Waals surface area (Å²) in [5.74, 6) is 0.839. The Kier molecular flexibility index (Phi) is 43.5. The van der Waals surface area contributed by atoms with Crippen molar-refractivity contribution in [2.45, 2.75) is 259 Å². The highest BCUT2D eigenvalue weighted by molar-refractivity contribution is 5.78. The fourth-order valence-electron chi connectivity index (χ4n) is 8.21. The van der Waals surface area contributed by atoms with Crippen LogP contribution in [0.3, 0.4) is 0 Å². The zero-order valence-corrected chi connectivity index (χ0v) is 39.1. The van der Waals surface area contributed by atoms with Crippen LogP contribution in [-0.2, 0) is 14.3 Å². The van der Waals surface area contributed by atoms with Gasteiger partial charge in [0.25, 0.3) is 0 Å². The SMILES string of the molecule is CCCCCCCCC(CCCCCC)C(=O)NCCCCCCN(CCCCCCOC(O)C(CCCCCC)CCCCCCCC)CCCCNC(C)=O. The van der Waals surface area contributed by atoms with Gasteiger partial charge in [-0.15, -0.1) is 0 Å². The second-order valence-corrected chi connectivity index (χ2v) is 17.7. The van der Waals surface area contributed by atoms with E-state index in [2.05, 4.69) is 43.2 Å². The van der Waals surface area contributed by atoms with Crippen molar-refractivity contribution < 1.29 is 19.4 Å². The number of nitrogens with zero attached hydrogens (tertiary/aromatic N) is 1. The van der Waals surface area contributed by atoms with E-state index in [4.69, 9.17) is 4.74 Å². The molecule has 0 aliphatic heterocycles. The molecule has 0 aromatic rings. The van der Waals surface area contributed by atoms with E-state index >= 15 is 0 Å². The summed E-state index contributed by atoms with van der Waals surface area (Å²) >= 11 is 0. The maximum Gasteiger partial charge on any atom is 0.223 e. The van der Waals surface area contributed by atoms with Gasteiger partial charge < -0.3 is 25.4 Å². The van der Waals surface area contributed by atoms with Crippen LogP contribution in [0.25, 0.3) is 0 Å². The molecule has 0 rings (SSSR count). The minimum Gasteiger partial charge on any atom is -0.368 e. The summed E-state index contributed by atoms with van der Waals surface area (Å²) in [6.07, 6.45) is 40.5. The fourth-order valence-corrected chi connectivity index (χ4v) is 8.21. The monoisotopic (exact) mass is 808 g/mol. The summed E-state index contributed by atoms with van der Waals surface area (Å²) in [5, 5.41) is 17.2. The van der Waals surface area contributed by atoms with E-state index < -0.39 is 6.29 Å². The van der Waals surface area contributed by atoms with E-state index in [-0.39, 0.29) is 17.7 Å². The zero-order valence-electron chi connectivity index (χ0n) is 39.1. The normalized spacial score (nSPS) is 13.2. The molecule has 3 N–H and O–H groups in total. The molecule has 0 saturated carbocycles. The molecule has 0 radical (unpaired) electrons. The molecular weight excluding hydrogens is 707 g/mol. The van der Waals surface area contributed by atoms with Gasteiger partial charge in [0.1, 0.15) is 0 Å². The Labute approximate surface area is 356 Å². The molecule has 2 amide bonds. The lowest BCUT2D eigenvalue weighted by Crippen LogP contribution is -2.31. The van der Waals surface area contributed by atoms with Crippen LogP contribution in [0.5, 0.6) is 0 Å². The molecule has 340 valence electrons. The summed E-state index contributed by atoms with van der Waals surface area (Å²) in [6.45, 7) is 16.2. The Hall–Kier alpha value is -1.18. The first-order valence-electron chi connectivity index (χ1n) is 25.4. The molecule has 7 heteroatoms. The van der Waals surface area contributed by atoms with Crippen LogP contribution in [0.4, 0.5) is 0 Å². The molecule has 57 heavy (non-hydrogen) atoms. The van der Waals surface area contributed by atoms with Gasteiger partial charge in [0.05, 0.1) is 0 Å². The molecule has 0 aliphatic carbocycles. The molecule has 0 fully saturated rings. The predicted molar refractivity (Wildman–Crippen MR) is 247 cm³/mol. The third-order valence-corrected chi connectivity index (χ3v) is 12.1. The van der Waals surface area contributed by atoms with Crippen molar-refractivity contribution in [3.8, 4) is 0 Å². The standard InChI is InChI=1S/C50H101N3O4/c1-6-10-14-18-20-28-37-47(36-26-16-12-8-3)49(55)52-41-30-22-23-32-42-53(44-34-31-40-51-46(5)54)43-33-24-25-35-45-57-50(56)48(38-27-17-13-9-4)39-29-21-19-15-11-7-2/h47-48,50,56H,6-45H2,1-5H3,(H,51,54)(H,52,55). The number of aliphatic hydroxyl groups excluding tert-OH is 1. The van der Waals surface area contributed by atoms with Gasteiger partial charge in [0.15, 0.2) is 6.29 Å². The number of rotatable bonds is 46. The van der Waals surface area contributed by atoms with Gasteiger partial charge in [-0.3, -0.25) is 9.59 Å². The van der Waals surface area contributed by atoms with Crippen molar-refractivity contribution in [3.63, 3.8) is 0 Å². The molecule has 3 atom stereocenters. The van der Waals surface area contributed by atoms with Gasteiger partial charge in [-0.05, 0) is 83.8 Å². The topological polar surface area (TPSA) is 90.9 Å². The smallest absolute Gasteiger partial charge is 0.223 e. The van der Waals surface area contributed by atoms with E-state index in [9.17, 15) is 14.7 Å². The first-order chi connectivity index (χ1) is 27.9. The quantitative estimate of drug-likeness (QED) is 0.0421. The molecule has 3 unspecified atom stereocenters. The van der Waals surface area contributed by atoms with E-state index in [1.54, 1.807) is 6.92 Å². The van der Waals surface area contributed by atoms with Crippen LogP contribution < -0.4 is 10.6 Å². The van der Waals surface area contributed by atoms with Crippen molar-refractivity contribution in [2.24, 2.45) is 11.8 Å². The lowest BCUT2D eigenvalue weighted by molar-refractivity contribution is -0.138. The van der Waals surface area contributed by atoms with E-state index in [1.807, 2.05) is 0 Å². The largest absolute Gasteiger partial charge is 0.368 e. The van der Waals surface area contributed by atoms with E-state index in [0.29, 0.717) is 12.5 Å². The second kappa shape index (κ2) is 44.4. The van der Waals surface area contributed by atoms with Gasteiger partial charge in [-0.25, -0.2) is 0 Å². The average molecular weight is 808 g/mol. The lowest BCUT2D eigenvalue weighted by atomic mass is 9.93. The van der Waals surface area contributed by atoms with E-state index in [0.717, 1.165) is 90.5 Å². The van der Waals surface area contributed by atoms with Crippen LogP contribution in [-0.4, -0.2) is 67.4 Å². The van der Waals surface area contributed by atoms with Crippen molar-refractivity contribution in [3.05, 3.63) is 0 Å². The number of amides is 2. The summed E-state index contributed by atoms with van der Waals surface area (Å²) in [7, 11) is 0. The fraction of sp³-hybridized carbons (Fsp3) is 0.960. The number of aliphatic hydroxyl groups is 1. The summed E-state index contributed by atoms with van der Waals surface area (Å²) in [5.41, 5.74) is 0. The second-order valence-electron chi connectivity index (χ2n) is 17.7. The number of carbonyl (C=O) groups excluding carboxylic acids is 2. The lowest BCUT2D eigenvalue weighted by Gasteiger charge is -2.24. The number of carbonyl (C=O) groups is 2. The number of nitrogens with one attached hydrogen (secondary N) is 2. The summed E-state index contributed by atoms with van der Waals surface area (Å²) in [4.78, 5) is 27.1. The van der Waals surface area contributed by atoms with Gasteiger partial charge in [0, 0.05) is 38.5 Å². The van der Waals surface area contributed by atoms with Crippen LogP contribution in [0.15, 0.2) is 0 Å². The first-order valence-corrected chi connectivity index (χ1v) is 25.4. The van der Waals surface area contributed by atoms with Gasteiger partial charge in [-0.2, -0.15) is 0 Å². The number of unbranched alkanes of at least 4 members (excludes halogenated alkanes) is 23. The minimum absolute atomic E-state index is 0.0557. The van der Waals surface area contributed by atoms with Gasteiger partial charge >= 0.3 is 0 Å². The Bertz CT molecular complexity index is 842. The molecular formula is C50H101N3O4. The number of hydrogen-bond acceptors (Lipinski definition) is 5. The maximum absolute atomic E-state index is 13.1. The van der Waals surface area contributed by atoms with Crippen LogP contribution >= 0.6 is 0 Å². The van der Waals surface area contributed by atoms with Crippen LogP contribution in [0.2, 0.25) is 0 Å². The van der Waals surface area contributed by atoms with Crippen LogP contribution in [0, 0.1) is 11.8 Å². The van der Waals surface area contributed by atoms with E-state index in [1.165, 1.54) is 161 Å². The predicted octanol–water partition coefficient (Wildman–Crippen LogP) is 13.5. The molecule has 0 saturated heterocycles. The molecule has 0 spiro atoms. The Balaban J connectivity index is 4.54. The highest BCUT2D eigenvalue weighted by Gasteiger charge is 2.20. The van der Waals surface area contributed by atoms with Crippen molar-refractivity contribution in [1.29, 1.82) is 0 Å². The minimum atomic E-state index is -0.612. The molecule has 0 aromatic heterocycles. The number of ether oxygens (including phenoxy) is 1. The Morgan fingerprint density at radius 2 is 0.842 bits per heavy atom. The zero-order chi connectivity index (χ0) is 41.9. The van der Waals surface area contributed by atoms with Crippen molar-refractivity contribution in [1.82, 2.24) is 15.5 Å². The summed E-state index contributed by atoms with van der Waals surface area (Å²) < 4.78 is 6.04. The van der Waals surface area contributed by atoms with Crippen molar-refractivity contribution in [2.75, 3.05) is 39.3 Å². The van der Waals surface area contributed by atoms with Crippen LogP contribution in [0.1, 0.15) is 253 Å². The maximum atomic E-state index is 13.1. The molecule has 0 aromatic carbocycles. The number of hydrogen-bond donors (Lipinski definition) is 3. The third-order valence-electron chi connectivity index (χ3n) is 12.1. The molecule has 7 nitrogen and oxygen atoms in total. The Morgan fingerprint density at radius 1 is 0.474 bits per heavy atom. The molecule has 0 bridgehead atoms. The highest BCUT2D eigenvalue weighted by Crippen LogP contribution is 2.24. The Morgan fingerprint density at radius 3 is 1.35 bits per heavy atom. The summed E-state index contributed by atoms with van der Waals surface area (Å²) in [6, 6.07) is 0. The molecule has 0 aliphatic rings. The average Bonchev–Trinajstić information content (AvgIpc) is 3.20. The molecule has 0 heterocycles.